The van der Waals surface area contributed by atoms with Gasteiger partial charge < -0.3 is 24.4 Å². The Morgan fingerprint density at radius 2 is 1.77 bits per heavy atom. The van der Waals surface area contributed by atoms with Gasteiger partial charge in [-0.25, -0.2) is 32.5 Å². The second-order valence-electron chi connectivity index (χ2n) is 14.1. The van der Waals surface area contributed by atoms with Crippen LogP contribution < -0.4 is 14.4 Å². The molecule has 0 bridgehead atoms. The van der Waals surface area contributed by atoms with Crippen LogP contribution in [0.25, 0.3) is 22.0 Å². The van der Waals surface area contributed by atoms with Crippen molar-refractivity contribution in [1.29, 1.82) is 0 Å². The van der Waals surface area contributed by atoms with E-state index in [1.807, 2.05) is 94.4 Å². The minimum absolute atomic E-state index is 0.0548. The molecular formula is C40H46N6O6S. The molecule has 1 amide bonds. The van der Waals surface area contributed by atoms with E-state index in [-0.39, 0.29) is 18.9 Å². The van der Waals surface area contributed by atoms with Gasteiger partial charge in [0.25, 0.3) is 0 Å². The highest BCUT2D eigenvalue weighted by molar-refractivity contribution is 7.93. The third-order valence-corrected chi connectivity index (χ3v) is 11.1. The molecule has 0 saturated carbocycles. The van der Waals surface area contributed by atoms with Crippen molar-refractivity contribution < 1.29 is 27.4 Å². The molecule has 0 radical (unpaired) electrons. The number of nitrogens with zero attached hydrogens (tertiary/aromatic N) is 5. The molecule has 1 aliphatic rings. The minimum Gasteiger partial charge on any atom is -0.444 e. The van der Waals surface area contributed by atoms with Crippen LogP contribution in [0.1, 0.15) is 56.9 Å². The summed E-state index contributed by atoms with van der Waals surface area (Å²) in [4.78, 5) is 28.3. The summed E-state index contributed by atoms with van der Waals surface area (Å²) in [5.41, 5.74) is 2.65. The molecule has 278 valence electrons. The van der Waals surface area contributed by atoms with Gasteiger partial charge in [0.05, 0.1) is 16.9 Å². The molecule has 5 aromatic rings. The number of rotatable bonds is 11. The molecule has 3 heterocycles. The highest BCUT2D eigenvalue weighted by Gasteiger charge is 2.32. The maximum Gasteiger partial charge on any atom is 0.410 e. The minimum atomic E-state index is -3.91. The van der Waals surface area contributed by atoms with Gasteiger partial charge in [-0.05, 0) is 82.9 Å². The number of fused-ring (bicyclic) bond motifs is 1. The average molecular weight is 739 g/mol. The number of anilines is 2. The van der Waals surface area contributed by atoms with E-state index in [2.05, 4.69) is 15.3 Å². The Morgan fingerprint density at radius 1 is 0.981 bits per heavy atom. The molecule has 1 saturated heterocycles. The van der Waals surface area contributed by atoms with Gasteiger partial charge >= 0.3 is 6.09 Å². The number of hydrogen-bond donors (Lipinski definition) is 1. The van der Waals surface area contributed by atoms with Gasteiger partial charge in [-0.15, -0.1) is 0 Å². The number of piperidine rings is 1. The van der Waals surface area contributed by atoms with Crippen LogP contribution in [0.4, 0.5) is 16.4 Å². The first-order valence-corrected chi connectivity index (χ1v) is 19.1. The third kappa shape index (κ3) is 8.52. The van der Waals surface area contributed by atoms with Gasteiger partial charge in [0.2, 0.25) is 21.9 Å². The second-order valence-corrected chi connectivity index (χ2v) is 16.3. The number of ether oxygens (including phenoxy) is 3. The summed E-state index contributed by atoms with van der Waals surface area (Å²) >= 11 is 0. The van der Waals surface area contributed by atoms with E-state index in [9.17, 15) is 13.2 Å². The SMILES string of the molecule is COCN(c1cccc2c(Oc3ncccc3-c3ccnc(N[C@H]4CCCN(C(=O)OC(C)(C)C)C4)n3)c(C)ccc12)S(=O)(=O)[C@H](C)c1ccccc1. The summed E-state index contributed by atoms with van der Waals surface area (Å²) in [6.07, 6.45) is 4.67. The van der Waals surface area contributed by atoms with Crippen LogP contribution in [0, 0.1) is 6.92 Å². The van der Waals surface area contributed by atoms with Crippen LogP contribution >= 0.6 is 0 Å². The number of aryl methyl sites for hydroxylation is 1. The van der Waals surface area contributed by atoms with Gasteiger partial charge in [-0.1, -0.05) is 54.6 Å². The number of hydrogen-bond acceptors (Lipinski definition) is 10. The van der Waals surface area contributed by atoms with E-state index in [1.165, 1.54) is 11.4 Å². The number of carbonyl (C=O) groups excluding carboxylic acids is 1. The van der Waals surface area contributed by atoms with Gasteiger partial charge in [0.15, 0.2) is 0 Å². The molecular weight excluding hydrogens is 693 g/mol. The zero-order valence-electron chi connectivity index (χ0n) is 30.9. The number of likely N-dealkylation sites (tertiary alicyclic amines) is 1. The highest BCUT2D eigenvalue weighted by atomic mass is 32.2. The number of sulfonamides is 1. The van der Waals surface area contributed by atoms with E-state index in [1.54, 1.807) is 36.4 Å². The Kier molecular flexibility index (Phi) is 11.2. The van der Waals surface area contributed by atoms with Gasteiger partial charge in [-0.2, -0.15) is 0 Å². The fourth-order valence-corrected chi connectivity index (χ4v) is 7.94. The summed E-state index contributed by atoms with van der Waals surface area (Å²) in [6.45, 7) is 10.1. The lowest BCUT2D eigenvalue weighted by molar-refractivity contribution is 0.0206. The summed E-state index contributed by atoms with van der Waals surface area (Å²) in [5.74, 6) is 1.28. The number of nitrogens with one attached hydrogen (secondary N) is 1. The van der Waals surface area contributed by atoms with Crippen LogP contribution in [-0.4, -0.2) is 72.9 Å². The van der Waals surface area contributed by atoms with Gasteiger partial charge in [0, 0.05) is 49.4 Å². The summed E-state index contributed by atoms with van der Waals surface area (Å²) in [7, 11) is -2.43. The summed E-state index contributed by atoms with van der Waals surface area (Å²) in [5, 5.41) is 3.96. The normalized spacial score (nSPS) is 15.5. The predicted octanol–water partition coefficient (Wildman–Crippen LogP) is 8.11. The van der Waals surface area contributed by atoms with Crippen molar-refractivity contribution in [1.82, 2.24) is 19.9 Å². The molecule has 6 rings (SSSR count). The fraction of sp³-hybridized carbons (Fsp3) is 0.350. The van der Waals surface area contributed by atoms with Gasteiger partial charge in [0.1, 0.15) is 23.3 Å². The lowest BCUT2D eigenvalue weighted by atomic mass is 10.0. The maximum absolute atomic E-state index is 14.1. The standard InChI is InChI=1S/C40H46N6O6S/c1-27-19-20-31-32(16-10-18-35(31)46(26-50-6)53(48,49)28(2)29-13-8-7-9-14-29)36(27)51-37-33(17-11-22-41-37)34-21-23-42-38(44-34)43-30-15-12-24-45(25-30)39(47)52-40(3,4)5/h7-11,13-14,16-23,28,30H,12,15,24-26H2,1-6H3,(H,42,43,44)/t28-,30+/m1/s1. The first kappa shape index (κ1) is 37.5. The first-order chi connectivity index (χ1) is 25.4. The van der Waals surface area contributed by atoms with E-state index < -0.39 is 20.9 Å². The van der Waals surface area contributed by atoms with Gasteiger partial charge in [-0.3, -0.25) is 0 Å². The van der Waals surface area contributed by atoms with Crippen LogP contribution in [0.3, 0.4) is 0 Å². The average Bonchev–Trinajstić information content (AvgIpc) is 3.14. The number of amides is 1. The Labute approximate surface area is 311 Å². The first-order valence-electron chi connectivity index (χ1n) is 17.6. The maximum atomic E-state index is 14.1. The Morgan fingerprint density at radius 3 is 2.53 bits per heavy atom. The number of aromatic nitrogens is 3. The third-order valence-electron chi connectivity index (χ3n) is 9.03. The van der Waals surface area contributed by atoms with Crippen molar-refractivity contribution in [3.8, 4) is 22.9 Å². The molecule has 0 aliphatic carbocycles. The lowest BCUT2D eigenvalue weighted by Gasteiger charge is -2.34. The molecule has 12 nitrogen and oxygen atoms in total. The molecule has 0 spiro atoms. The van der Waals surface area contributed by atoms with Crippen molar-refractivity contribution >= 4 is 38.5 Å². The lowest BCUT2D eigenvalue weighted by Crippen LogP contribution is -2.47. The van der Waals surface area contributed by atoms with Crippen molar-refractivity contribution in [2.75, 3.05) is 36.6 Å². The Bertz CT molecular complexity index is 2180. The van der Waals surface area contributed by atoms with Crippen LogP contribution in [0.2, 0.25) is 0 Å². The van der Waals surface area contributed by atoms with E-state index >= 15 is 0 Å². The monoisotopic (exact) mass is 738 g/mol. The van der Waals surface area contributed by atoms with E-state index in [0.29, 0.717) is 63.9 Å². The van der Waals surface area contributed by atoms with Crippen molar-refractivity contribution in [2.45, 2.75) is 64.4 Å². The van der Waals surface area contributed by atoms with Crippen LogP contribution in [0.15, 0.2) is 91.3 Å². The van der Waals surface area contributed by atoms with Crippen molar-refractivity contribution in [3.63, 3.8) is 0 Å². The number of pyridine rings is 1. The molecule has 1 fully saturated rings. The molecule has 53 heavy (non-hydrogen) atoms. The zero-order chi connectivity index (χ0) is 37.8. The molecule has 1 N–H and O–H groups in total. The van der Waals surface area contributed by atoms with Crippen molar-refractivity contribution in [2.24, 2.45) is 0 Å². The molecule has 2 atom stereocenters. The quantitative estimate of drug-likeness (QED) is 0.132. The number of benzene rings is 3. The predicted molar refractivity (Wildman–Crippen MR) is 207 cm³/mol. The molecule has 3 aromatic carbocycles. The summed E-state index contributed by atoms with van der Waals surface area (Å²) < 4.78 is 47.2. The highest BCUT2D eigenvalue weighted by Crippen LogP contribution is 2.41. The Hall–Kier alpha value is -5.27. The van der Waals surface area contributed by atoms with E-state index in [0.717, 1.165) is 18.4 Å². The smallest absolute Gasteiger partial charge is 0.410 e. The zero-order valence-corrected chi connectivity index (χ0v) is 31.8. The molecule has 2 aromatic heterocycles. The van der Waals surface area contributed by atoms with Crippen LogP contribution in [-0.2, 0) is 19.5 Å². The van der Waals surface area contributed by atoms with Crippen LogP contribution in [0.5, 0.6) is 11.6 Å². The molecule has 0 unspecified atom stereocenters. The Balaban J connectivity index is 1.29. The largest absolute Gasteiger partial charge is 0.444 e. The molecule has 13 heteroatoms. The topological polar surface area (TPSA) is 136 Å². The fourth-order valence-electron chi connectivity index (χ4n) is 6.37. The van der Waals surface area contributed by atoms with E-state index in [4.69, 9.17) is 19.2 Å². The summed E-state index contributed by atoms with van der Waals surface area (Å²) in [6, 6.07) is 23.8. The number of carbonyl (C=O) groups is 1. The molecule has 1 aliphatic heterocycles. The second kappa shape index (κ2) is 15.8. The number of methoxy groups -OCH3 is 1. The van der Waals surface area contributed by atoms with Crippen molar-refractivity contribution in [3.05, 3.63) is 102 Å².